The summed E-state index contributed by atoms with van der Waals surface area (Å²) in [6, 6.07) is 0.848. The standard InChI is InChI=1S/C26H34ClN2O9P/c1-17-9-5-3-6-10-18(2)37-26(32)24-20(25(27)21(30)15-22(24)38-39(33,34)35)14-19(13-17)28-36-16-23(31)29-11-7-4-8-12-29/h3,6,13,15,18,30H,4-5,7-12,14,16H2,1-2H3,(H2,33,34,35)/b6-3+,17-13+,28-19?/t18-/m1/s1. The lowest BCUT2D eigenvalue weighted by molar-refractivity contribution is -0.137. The molecule has 1 saturated heterocycles. The number of phenols is 1. The van der Waals surface area contributed by atoms with Gasteiger partial charge in [0, 0.05) is 32.0 Å². The molecule has 0 spiro atoms. The normalized spacial score (nSPS) is 22.6. The topological polar surface area (TPSA) is 155 Å². The van der Waals surface area contributed by atoms with Gasteiger partial charge in [0.1, 0.15) is 23.2 Å². The molecule has 1 aromatic rings. The number of aromatic hydroxyl groups is 1. The third kappa shape index (κ3) is 9.39. The third-order valence-corrected chi connectivity index (χ3v) is 7.08. The van der Waals surface area contributed by atoms with Crippen LogP contribution >= 0.6 is 19.4 Å². The molecule has 1 aromatic carbocycles. The van der Waals surface area contributed by atoms with E-state index in [0.717, 1.165) is 37.3 Å². The molecule has 2 heterocycles. The molecular formula is C26H34ClN2O9P. The summed E-state index contributed by atoms with van der Waals surface area (Å²) in [5.41, 5.74) is 0.786. The summed E-state index contributed by atoms with van der Waals surface area (Å²) >= 11 is 6.40. The average molecular weight is 585 g/mol. The second-order valence-electron chi connectivity index (χ2n) is 9.57. The number of likely N-dealkylation sites (tertiary alicyclic amines) is 1. The van der Waals surface area contributed by atoms with Gasteiger partial charge in [0.25, 0.3) is 5.91 Å². The van der Waals surface area contributed by atoms with Crippen LogP contribution in [0.3, 0.4) is 0 Å². The van der Waals surface area contributed by atoms with Gasteiger partial charge in [-0.1, -0.05) is 34.5 Å². The molecular weight excluding hydrogens is 551 g/mol. The molecule has 0 aliphatic carbocycles. The molecule has 0 aromatic heterocycles. The summed E-state index contributed by atoms with van der Waals surface area (Å²) in [5, 5.41) is 14.3. The number of phosphoric ester groups is 1. The number of rotatable bonds is 5. The Balaban J connectivity index is 2.04. The summed E-state index contributed by atoms with van der Waals surface area (Å²) in [6.45, 7) is 4.60. The number of ether oxygens (including phenoxy) is 1. The smallest absolute Gasteiger partial charge is 0.506 e. The Bertz CT molecular complexity index is 1200. The lowest BCUT2D eigenvalue weighted by Gasteiger charge is -2.26. The highest BCUT2D eigenvalue weighted by Gasteiger charge is 2.30. The summed E-state index contributed by atoms with van der Waals surface area (Å²) in [4.78, 5) is 51.8. The van der Waals surface area contributed by atoms with E-state index in [1.165, 1.54) is 0 Å². The highest BCUT2D eigenvalue weighted by atomic mass is 35.5. The molecule has 11 nitrogen and oxygen atoms in total. The maximum Gasteiger partial charge on any atom is 0.524 e. The van der Waals surface area contributed by atoms with E-state index in [2.05, 4.69) is 5.16 Å². The monoisotopic (exact) mass is 584 g/mol. The molecule has 2 aliphatic heterocycles. The van der Waals surface area contributed by atoms with Crippen molar-refractivity contribution in [1.29, 1.82) is 0 Å². The van der Waals surface area contributed by atoms with E-state index in [0.29, 0.717) is 25.9 Å². The molecule has 3 rings (SSSR count). The van der Waals surface area contributed by atoms with Crippen LogP contribution in [0.25, 0.3) is 0 Å². The van der Waals surface area contributed by atoms with Crippen molar-refractivity contribution >= 4 is 37.0 Å². The van der Waals surface area contributed by atoms with Crippen molar-refractivity contribution in [2.24, 2.45) is 5.16 Å². The quantitative estimate of drug-likeness (QED) is 0.194. The van der Waals surface area contributed by atoms with Crippen LogP contribution in [0.15, 0.2) is 35.0 Å². The number of piperidine rings is 1. The predicted molar refractivity (Wildman–Crippen MR) is 145 cm³/mol. The van der Waals surface area contributed by atoms with Crippen molar-refractivity contribution in [3.05, 3.63) is 46.0 Å². The van der Waals surface area contributed by atoms with Crippen LogP contribution in [-0.2, 0) is 25.4 Å². The first kappa shape index (κ1) is 30.7. The fraction of sp³-hybridized carbons (Fsp3) is 0.500. The van der Waals surface area contributed by atoms with Crippen molar-refractivity contribution in [3.63, 3.8) is 0 Å². The predicted octanol–water partition coefficient (Wildman–Crippen LogP) is 4.68. The molecule has 1 atom stereocenters. The number of phosphoric acid groups is 1. The number of hydrogen-bond donors (Lipinski definition) is 3. The van der Waals surface area contributed by atoms with Gasteiger partial charge in [0.15, 0.2) is 6.61 Å². The lowest BCUT2D eigenvalue weighted by Crippen LogP contribution is -2.37. The number of amides is 1. The van der Waals surface area contributed by atoms with Gasteiger partial charge in [-0.3, -0.25) is 14.6 Å². The first-order chi connectivity index (χ1) is 18.4. The number of phenolic OH excluding ortho intramolecular Hbond substituents is 1. The van der Waals surface area contributed by atoms with Gasteiger partial charge in [-0.25, -0.2) is 9.36 Å². The maximum atomic E-state index is 13.2. The minimum absolute atomic E-state index is 0.0290. The number of nitrogens with zero attached hydrogens (tertiary/aromatic N) is 2. The fourth-order valence-corrected chi connectivity index (χ4v) is 4.94. The number of carbonyl (C=O) groups is 2. The molecule has 39 heavy (non-hydrogen) atoms. The largest absolute Gasteiger partial charge is 0.524 e. The molecule has 0 saturated carbocycles. The molecule has 1 amide bonds. The Kier molecular flexibility index (Phi) is 11.0. The molecule has 2 aliphatic rings. The maximum absolute atomic E-state index is 13.2. The van der Waals surface area contributed by atoms with Gasteiger partial charge in [0.05, 0.1) is 10.7 Å². The fourth-order valence-electron chi connectivity index (χ4n) is 4.32. The van der Waals surface area contributed by atoms with Crippen LogP contribution in [0.1, 0.15) is 68.3 Å². The number of esters is 1. The Morgan fingerprint density at radius 2 is 1.97 bits per heavy atom. The molecule has 0 radical (unpaired) electrons. The number of allylic oxidation sites excluding steroid dienone is 3. The second-order valence-corrected chi connectivity index (χ2v) is 11.1. The van der Waals surface area contributed by atoms with E-state index in [1.807, 2.05) is 19.1 Å². The van der Waals surface area contributed by atoms with Gasteiger partial charge >= 0.3 is 13.8 Å². The van der Waals surface area contributed by atoms with E-state index >= 15 is 0 Å². The van der Waals surface area contributed by atoms with Crippen LogP contribution in [0.4, 0.5) is 0 Å². The van der Waals surface area contributed by atoms with Crippen molar-refractivity contribution in [2.45, 2.75) is 64.9 Å². The zero-order valence-corrected chi connectivity index (χ0v) is 23.6. The number of fused-ring (bicyclic) bond motifs is 1. The minimum atomic E-state index is -5.13. The average Bonchev–Trinajstić information content (AvgIpc) is 2.85. The lowest BCUT2D eigenvalue weighted by atomic mass is 9.98. The van der Waals surface area contributed by atoms with Gasteiger partial charge in [-0.2, -0.15) is 0 Å². The van der Waals surface area contributed by atoms with E-state index < -0.39 is 31.4 Å². The van der Waals surface area contributed by atoms with Crippen molar-refractivity contribution in [2.75, 3.05) is 19.7 Å². The number of cyclic esters (lactones) is 1. The van der Waals surface area contributed by atoms with E-state index in [9.17, 15) is 29.0 Å². The van der Waals surface area contributed by atoms with Crippen LogP contribution in [-0.4, -0.2) is 63.2 Å². The zero-order valence-electron chi connectivity index (χ0n) is 22.0. The molecule has 0 bridgehead atoms. The number of benzene rings is 1. The van der Waals surface area contributed by atoms with Gasteiger partial charge in [-0.05, 0) is 57.6 Å². The van der Waals surface area contributed by atoms with E-state index in [4.69, 9.17) is 25.7 Å². The molecule has 214 valence electrons. The third-order valence-electron chi connectivity index (χ3n) is 6.22. The van der Waals surface area contributed by atoms with E-state index in [-0.39, 0.29) is 40.8 Å². The highest BCUT2D eigenvalue weighted by molar-refractivity contribution is 7.46. The number of hydrogen-bond acceptors (Lipinski definition) is 8. The van der Waals surface area contributed by atoms with Gasteiger partial charge < -0.3 is 24.1 Å². The summed E-state index contributed by atoms with van der Waals surface area (Å²) in [6.07, 6.45) is 9.54. The van der Waals surface area contributed by atoms with Gasteiger partial charge in [-0.15, -0.1) is 0 Å². The molecule has 1 fully saturated rings. The first-order valence-electron chi connectivity index (χ1n) is 12.7. The van der Waals surface area contributed by atoms with Gasteiger partial charge in [0.2, 0.25) is 0 Å². The highest BCUT2D eigenvalue weighted by Crippen LogP contribution is 2.45. The van der Waals surface area contributed by atoms with Crippen LogP contribution < -0.4 is 4.52 Å². The van der Waals surface area contributed by atoms with Crippen LogP contribution in [0.2, 0.25) is 5.02 Å². The molecule has 0 unspecified atom stereocenters. The first-order valence-corrected chi connectivity index (χ1v) is 14.6. The number of halogens is 1. The van der Waals surface area contributed by atoms with Crippen molar-refractivity contribution in [1.82, 2.24) is 4.90 Å². The molecule has 3 N–H and O–H groups in total. The Labute approximate surface area is 232 Å². The Hall–Kier alpha value is -2.85. The summed E-state index contributed by atoms with van der Waals surface area (Å²) in [5.74, 6) is -2.31. The summed E-state index contributed by atoms with van der Waals surface area (Å²) < 4.78 is 21.9. The van der Waals surface area contributed by atoms with Crippen LogP contribution in [0.5, 0.6) is 11.5 Å². The summed E-state index contributed by atoms with van der Waals surface area (Å²) in [7, 11) is -5.13. The van der Waals surface area contributed by atoms with Crippen molar-refractivity contribution < 1.29 is 43.1 Å². The zero-order chi connectivity index (χ0) is 28.6. The van der Waals surface area contributed by atoms with E-state index in [1.54, 1.807) is 17.9 Å². The Morgan fingerprint density at radius 1 is 1.26 bits per heavy atom. The number of oxime groups is 1. The minimum Gasteiger partial charge on any atom is -0.506 e. The van der Waals surface area contributed by atoms with Crippen LogP contribution in [0, 0.1) is 0 Å². The number of carbonyl (C=O) groups excluding carboxylic acids is 2. The SMILES string of the molecule is C/C1=C\C(=NOCC(=O)N2CCCCC2)Cc2c(Cl)c(O)cc(OP(=O)(O)O)c2C(=O)O[C@H](C)C/C=C/CC1. The Morgan fingerprint density at radius 3 is 2.67 bits per heavy atom. The van der Waals surface area contributed by atoms with Crippen molar-refractivity contribution in [3.8, 4) is 11.5 Å². The molecule has 13 heteroatoms. The second kappa shape index (κ2) is 14.0.